The van der Waals surface area contributed by atoms with E-state index in [1.165, 1.54) is 56.7 Å². The van der Waals surface area contributed by atoms with E-state index in [4.69, 9.17) is 9.53 Å². The lowest BCUT2D eigenvalue weighted by Crippen LogP contribution is -2.39. The molecule has 0 fully saturated rings. The summed E-state index contributed by atoms with van der Waals surface area (Å²) in [6.07, 6.45) is 7.67. The van der Waals surface area contributed by atoms with Gasteiger partial charge in [-0.25, -0.2) is 0 Å². The molecule has 0 aromatic heterocycles. The maximum Gasteiger partial charge on any atom is 0.192 e. The average molecular weight is 260 g/mol. The zero-order valence-corrected chi connectivity index (χ0v) is 13.1. The van der Waals surface area contributed by atoms with Crippen molar-refractivity contribution in [2.24, 2.45) is 0 Å². The lowest BCUT2D eigenvalue weighted by Gasteiger charge is -2.31. The number of aliphatic hydroxyl groups excluding tert-OH is 1. The number of aliphatic hydroxyl groups is 1. The van der Waals surface area contributed by atoms with Crippen LogP contribution in [-0.2, 0) is 4.43 Å². The third-order valence-corrected chi connectivity index (χ3v) is 8.07. The average Bonchev–Trinajstić information content (AvgIpc) is 2.37. The van der Waals surface area contributed by atoms with Gasteiger partial charge in [0.2, 0.25) is 0 Å². The predicted molar refractivity (Wildman–Crippen MR) is 77.9 cm³/mol. The van der Waals surface area contributed by atoms with Crippen molar-refractivity contribution in [1.29, 1.82) is 0 Å². The summed E-state index contributed by atoms with van der Waals surface area (Å²) >= 11 is 0. The summed E-state index contributed by atoms with van der Waals surface area (Å²) in [7, 11) is -1.54. The van der Waals surface area contributed by atoms with Gasteiger partial charge < -0.3 is 9.53 Å². The van der Waals surface area contributed by atoms with Crippen molar-refractivity contribution in [3.63, 3.8) is 0 Å². The van der Waals surface area contributed by atoms with Crippen molar-refractivity contribution in [1.82, 2.24) is 0 Å². The molecular weight excluding hydrogens is 228 g/mol. The third-order valence-electron chi connectivity index (χ3n) is 3.46. The molecule has 0 saturated carbocycles. The SMILES string of the molecule is CCCC[Si](CCCC)(CCCC)OCCO. The van der Waals surface area contributed by atoms with Gasteiger partial charge in [-0.15, -0.1) is 0 Å². The Morgan fingerprint density at radius 3 is 1.53 bits per heavy atom. The van der Waals surface area contributed by atoms with Gasteiger partial charge in [0.05, 0.1) is 13.2 Å². The largest absolute Gasteiger partial charge is 0.414 e. The molecule has 0 spiro atoms. The zero-order valence-electron chi connectivity index (χ0n) is 12.1. The van der Waals surface area contributed by atoms with Gasteiger partial charge in [0.25, 0.3) is 0 Å². The zero-order chi connectivity index (χ0) is 13.0. The van der Waals surface area contributed by atoms with Gasteiger partial charge in [0.15, 0.2) is 8.32 Å². The molecule has 104 valence electrons. The minimum Gasteiger partial charge on any atom is -0.414 e. The summed E-state index contributed by atoms with van der Waals surface area (Å²) in [5.41, 5.74) is 0. The summed E-state index contributed by atoms with van der Waals surface area (Å²) in [4.78, 5) is 0. The molecule has 0 atom stereocenters. The van der Waals surface area contributed by atoms with Crippen LogP contribution in [0.25, 0.3) is 0 Å². The Morgan fingerprint density at radius 2 is 1.24 bits per heavy atom. The van der Waals surface area contributed by atoms with Crippen LogP contribution in [0.5, 0.6) is 0 Å². The topological polar surface area (TPSA) is 29.5 Å². The van der Waals surface area contributed by atoms with Gasteiger partial charge in [0.1, 0.15) is 0 Å². The van der Waals surface area contributed by atoms with Crippen molar-refractivity contribution in [3.8, 4) is 0 Å². The fraction of sp³-hybridized carbons (Fsp3) is 1.00. The normalized spacial score (nSPS) is 12.0. The number of rotatable bonds is 12. The second kappa shape index (κ2) is 11.2. The molecular formula is C14H32O2Si. The van der Waals surface area contributed by atoms with Crippen molar-refractivity contribution >= 4 is 8.32 Å². The lowest BCUT2D eigenvalue weighted by molar-refractivity contribution is 0.190. The predicted octanol–water partition coefficient (Wildman–Crippen LogP) is 4.34. The van der Waals surface area contributed by atoms with Crippen LogP contribution in [0.1, 0.15) is 59.3 Å². The van der Waals surface area contributed by atoms with Gasteiger partial charge >= 0.3 is 0 Å². The Bertz CT molecular complexity index is 125. The lowest BCUT2D eigenvalue weighted by atomic mass is 10.4. The summed E-state index contributed by atoms with van der Waals surface area (Å²) in [6.45, 7) is 7.50. The molecule has 17 heavy (non-hydrogen) atoms. The molecule has 0 aliphatic carbocycles. The van der Waals surface area contributed by atoms with Gasteiger partial charge in [-0.2, -0.15) is 0 Å². The van der Waals surface area contributed by atoms with E-state index < -0.39 is 8.32 Å². The van der Waals surface area contributed by atoms with E-state index in [0.29, 0.717) is 6.61 Å². The molecule has 0 aromatic rings. The molecule has 0 unspecified atom stereocenters. The van der Waals surface area contributed by atoms with Crippen LogP contribution < -0.4 is 0 Å². The highest BCUT2D eigenvalue weighted by Gasteiger charge is 2.32. The van der Waals surface area contributed by atoms with Gasteiger partial charge in [-0.3, -0.25) is 0 Å². The fourth-order valence-corrected chi connectivity index (χ4v) is 7.05. The Morgan fingerprint density at radius 1 is 0.824 bits per heavy atom. The van der Waals surface area contributed by atoms with Crippen LogP contribution in [0, 0.1) is 0 Å². The van der Waals surface area contributed by atoms with Crippen molar-refractivity contribution < 1.29 is 9.53 Å². The van der Waals surface area contributed by atoms with Gasteiger partial charge in [-0.1, -0.05) is 59.3 Å². The standard InChI is InChI=1S/C14H32O2Si/c1-4-7-12-17(13-8-5-2,14-9-6-3)16-11-10-15/h15H,4-14H2,1-3H3. The van der Waals surface area contributed by atoms with Crippen molar-refractivity contribution in [2.45, 2.75) is 77.4 Å². The second-order valence-corrected chi connectivity index (χ2v) is 9.22. The first kappa shape index (κ1) is 17.1. The van der Waals surface area contributed by atoms with Crippen molar-refractivity contribution in [3.05, 3.63) is 0 Å². The first-order chi connectivity index (χ1) is 8.24. The molecule has 0 radical (unpaired) electrons. The molecule has 0 heterocycles. The molecule has 0 aliphatic heterocycles. The Hall–Kier alpha value is 0.137. The van der Waals surface area contributed by atoms with E-state index in [0.717, 1.165) is 0 Å². The molecule has 0 bridgehead atoms. The molecule has 0 rings (SSSR count). The quantitative estimate of drug-likeness (QED) is 0.529. The van der Waals surface area contributed by atoms with Crippen LogP contribution in [0.15, 0.2) is 0 Å². The summed E-state index contributed by atoms with van der Waals surface area (Å²) in [6, 6.07) is 3.89. The molecule has 0 saturated heterocycles. The first-order valence-corrected chi connectivity index (χ1v) is 10.0. The summed E-state index contributed by atoms with van der Waals surface area (Å²) in [5, 5.41) is 9.00. The number of hydrogen-bond donors (Lipinski definition) is 1. The third kappa shape index (κ3) is 7.95. The second-order valence-electron chi connectivity index (χ2n) is 5.07. The maximum atomic E-state index is 9.00. The molecule has 2 nitrogen and oxygen atoms in total. The van der Waals surface area contributed by atoms with Gasteiger partial charge in [0, 0.05) is 0 Å². The van der Waals surface area contributed by atoms with E-state index >= 15 is 0 Å². The van der Waals surface area contributed by atoms with Crippen LogP contribution in [0.3, 0.4) is 0 Å². The fourth-order valence-electron chi connectivity index (χ4n) is 2.35. The number of unbranched alkanes of at least 4 members (excludes halogenated alkanes) is 3. The smallest absolute Gasteiger partial charge is 0.192 e. The van der Waals surface area contributed by atoms with Crippen LogP contribution >= 0.6 is 0 Å². The van der Waals surface area contributed by atoms with E-state index in [9.17, 15) is 0 Å². The van der Waals surface area contributed by atoms with E-state index in [2.05, 4.69) is 20.8 Å². The Labute approximate surface area is 109 Å². The molecule has 3 heteroatoms. The highest BCUT2D eigenvalue weighted by atomic mass is 28.4. The molecule has 0 amide bonds. The van der Waals surface area contributed by atoms with Gasteiger partial charge in [-0.05, 0) is 18.1 Å². The first-order valence-electron chi connectivity index (χ1n) is 7.49. The molecule has 0 aromatic carbocycles. The summed E-state index contributed by atoms with van der Waals surface area (Å²) < 4.78 is 6.17. The van der Waals surface area contributed by atoms with E-state index in [1.54, 1.807) is 0 Å². The van der Waals surface area contributed by atoms with Crippen molar-refractivity contribution in [2.75, 3.05) is 13.2 Å². The summed E-state index contributed by atoms with van der Waals surface area (Å²) in [5.74, 6) is 0. The Balaban J connectivity index is 4.39. The Kier molecular flexibility index (Phi) is 11.3. The number of hydrogen-bond acceptors (Lipinski definition) is 2. The van der Waals surface area contributed by atoms with E-state index in [-0.39, 0.29) is 6.61 Å². The highest BCUT2D eigenvalue weighted by molar-refractivity contribution is 6.73. The van der Waals surface area contributed by atoms with Crippen LogP contribution in [0.2, 0.25) is 18.1 Å². The molecule has 1 N–H and O–H groups in total. The van der Waals surface area contributed by atoms with E-state index in [1.807, 2.05) is 0 Å². The highest BCUT2D eigenvalue weighted by Crippen LogP contribution is 2.29. The minimum absolute atomic E-state index is 0.180. The molecule has 0 aliphatic rings. The van der Waals surface area contributed by atoms with Crippen LogP contribution in [0.4, 0.5) is 0 Å². The van der Waals surface area contributed by atoms with Crippen LogP contribution in [-0.4, -0.2) is 26.6 Å². The minimum atomic E-state index is -1.54. The monoisotopic (exact) mass is 260 g/mol. The maximum absolute atomic E-state index is 9.00.